The molecule has 6 nitrogen and oxygen atoms in total. The lowest BCUT2D eigenvalue weighted by Gasteiger charge is -2.20. The smallest absolute Gasteiger partial charge is 0.311 e. The van der Waals surface area contributed by atoms with Crippen LogP contribution >= 0.6 is 0 Å². The summed E-state index contributed by atoms with van der Waals surface area (Å²) in [6.45, 7) is 4.31. The van der Waals surface area contributed by atoms with Crippen LogP contribution in [0.25, 0.3) is 0 Å². The van der Waals surface area contributed by atoms with Crippen molar-refractivity contribution < 1.29 is 9.59 Å². The molecule has 6 heteroatoms. The molecule has 0 radical (unpaired) electrons. The molecule has 0 bridgehead atoms. The van der Waals surface area contributed by atoms with E-state index in [1.54, 1.807) is 7.05 Å². The Kier molecular flexibility index (Phi) is 5.93. The Labute approximate surface area is 102 Å². The molecule has 1 aliphatic heterocycles. The summed E-state index contributed by atoms with van der Waals surface area (Å²) in [5, 5.41) is 2.47. The molecule has 0 spiro atoms. The molecule has 3 N–H and O–H groups in total. The third-order valence-electron chi connectivity index (χ3n) is 2.92. The largest absolute Gasteiger partial charge is 0.347 e. The fourth-order valence-corrected chi connectivity index (χ4v) is 1.83. The molecule has 1 saturated heterocycles. The number of nitrogens with zero attached hydrogens (tertiary/aromatic N) is 2. The summed E-state index contributed by atoms with van der Waals surface area (Å²) in [6.07, 6.45) is 2.46. The van der Waals surface area contributed by atoms with Crippen LogP contribution in [0.5, 0.6) is 0 Å². The molecule has 0 unspecified atom stereocenters. The molecular formula is C11H22N4O2. The Morgan fingerprint density at radius 2 is 2.00 bits per heavy atom. The van der Waals surface area contributed by atoms with Gasteiger partial charge in [0.25, 0.3) is 0 Å². The van der Waals surface area contributed by atoms with Gasteiger partial charge in [-0.25, -0.2) is 0 Å². The molecule has 0 aliphatic carbocycles. The lowest BCUT2D eigenvalue weighted by molar-refractivity contribution is -0.145. The second-order valence-corrected chi connectivity index (χ2v) is 4.32. The predicted molar refractivity (Wildman–Crippen MR) is 65.4 cm³/mol. The first-order chi connectivity index (χ1) is 8.15. The monoisotopic (exact) mass is 242 g/mol. The molecule has 1 heterocycles. The zero-order valence-electron chi connectivity index (χ0n) is 10.4. The molecule has 17 heavy (non-hydrogen) atoms. The molecule has 1 fully saturated rings. The third-order valence-corrected chi connectivity index (χ3v) is 2.92. The number of carbonyl (C=O) groups is 2. The highest BCUT2D eigenvalue weighted by molar-refractivity contribution is 6.34. The number of amides is 2. The maximum absolute atomic E-state index is 11.6. The van der Waals surface area contributed by atoms with Gasteiger partial charge in [-0.2, -0.15) is 0 Å². The van der Waals surface area contributed by atoms with Crippen molar-refractivity contribution in [2.45, 2.75) is 12.8 Å². The van der Waals surface area contributed by atoms with Gasteiger partial charge in [0.1, 0.15) is 0 Å². The first kappa shape index (κ1) is 13.9. The summed E-state index contributed by atoms with van der Waals surface area (Å²) in [5.74, 6) is -1.06. The van der Waals surface area contributed by atoms with Gasteiger partial charge >= 0.3 is 11.8 Å². The minimum absolute atomic E-state index is 0.338. The van der Waals surface area contributed by atoms with E-state index in [0.29, 0.717) is 19.6 Å². The van der Waals surface area contributed by atoms with Crippen molar-refractivity contribution in [3.8, 4) is 0 Å². The molecule has 0 aromatic heterocycles. The van der Waals surface area contributed by atoms with Gasteiger partial charge in [-0.1, -0.05) is 0 Å². The lowest BCUT2D eigenvalue weighted by atomic mass is 10.4. The maximum Gasteiger partial charge on any atom is 0.311 e. The van der Waals surface area contributed by atoms with Crippen molar-refractivity contribution >= 4 is 11.8 Å². The van der Waals surface area contributed by atoms with E-state index in [0.717, 1.165) is 19.6 Å². The summed E-state index contributed by atoms with van der Waals surface area (Å²) in [6, 6.07) is 0. The van der Waals surface area contributed by atoms with Crippen molar-refractivity contribution in [3.05, 3.63) is 0 Å². The normalized spacial score (nSPS) is 15.9. The molecule has 1 aliphatic rings. The van der Waals surface area contributed by atoms with Crippen LogP contribution in [0.3, 0.4) is 0 Å². The van der Waals surface area contributed by atoms with Crippen LogP contribution < -0.4 is 11.1 Å². The van der Waals surface area contributed by atoms with Crippen molar-refractivity contribution in [2.75, 3.05) is 46.3 Å². The van der Waals surface area contributed by atoms with Gasteiger partial charge < -0.3 is 20.9 Å². The number of hydrogen-bond acceptors (Lipinski definition) is 4. The molecule has 0 atom stereocenters. The lowest BCUT2D eigenvalue weighted by Crippen LogP contribution is -2.44. The Bertz CT molecular complexity index is 264. The van der Waals surface area contributed by atoms with Gasteiger partial charge in [0, 0.05) is 33.2 Å². The fourth-order valence-electron chi connectivity index (χ4n) is 1.83. The average molecular weight is 242 g/mol. The van der Waals surface area contributed by atoms with E-state index in [-0.39, 0.29) is 0 Å². The highest BCUT2D eigenvalue weighted by Crippen LogP contribution is 2.06. The van der Waals surface area contributed by atoms with Crippen LogP contribution in [-0.2, 0) is 9.59 Å². The first-order valence-corrected chi connectivity index (χ1v) is 6.11. The van der Waals surface area contributed by atoms with E-state index in [2.05, 4.69) is 10.2 Å². The standard InChI is InChI=1S/C11H22N4O2/c1-14(8-9-15-6-2-3-7-15)11(17)10(16)13-5-4-12/h2-9,12H2,1H3,(H,13,16). The summed E-state index contributed by atoms with van der Waals surface area (Å²) in [5.41, 5.74) is 5.25. The van der Waals surface area contributed by atoms with Crippen LogP contribution in [0.4, 0.5) is 0 Å². The van der Waals surface area contributed by atoms with E-state index in [1.165, 1.54) is 17.7 Å². The van der Waals surface area contributed by atoms with Crippen molar-refractivity contribution in [1.82, 2.24) is 15.1 Å². The quantitative estimate of drug-likeness (QED) is 0.582. The highest BCUT2D eigenvalue weighted by Gasteiger charge is 2.19. The molecule has 98 valence electrons. The predicted octanol–water partition coefficient (Wildman–Crippen LogP) is -1.38. The van der Waals surface area contributed by atoms with Crippen molar-refractivity contribution in [3.63, 3.8) is 0 Å². The van der Waals surface area contributed by atoms with Crippen LogP contribution in [-0.4, -0.2) is 67.9 Å². The second-order valence-electron chi connectivity index (χ2n) is 4.32. The topological polar surface area (TPSA) is 78.7 Å². The third kappa shape index (κ3) is 4.70. The molecule has 0 saturated carbocycles. The molecule has 2 amide bonds. The van der Waals surface area contributed by atoms with E-state index in [1.807, 2.05) is 0 Å². The maximum atomic E-state index is 11.6. The SMILES string of the molecule is CN(CCN1CCCC1)C(=O)C(=O)NCCN. The van der Waals surface area contributed by atoms with Crippen molar-refractivity contribution in [1.29, 1.82) is 0 Å². The van der Waals surface area contributed by atoms with Crippen molar-refractivity contribution in [2.24, 2.45) is 5.73 Å². The number of nitrogens with two attached hydrogens (primary N) is 1. The number of hydrogen-bond donors (Lipinski definition) is 2. The summed E-state index contributed by atoms with van der Waals surface area (Å²) in [7, 11) is 1.65. The summed E-state index contributed by atoms with van der Waals surface area (Å²) < 4.78 is 0. The van der Waals surface area contributed by atoms with Gasteiger partial charge in [-0.05, 0) is 25.9 Å². The number of likely N-dealkylation sites (tertiary alicyclic amines) is 1. The second kappa shape index (κ2) is 7.24. The number of nitrogens with one attached hydrogen (secondary N) is 1. The summed E-state index contributed by atoms with van der Waals surface area (Å²) in [4.78, 5) is 26.7. The van der Waals surface area contributed by atoms with Gasteiger partial charge in [0.2, 0.25) is 0 Å². The van der Waals surface area contributed by atoms with Crippen LogP contribution in [0, 0.1) is 0 Å². The van der Waals surface area contributed by atoms with E-state index in [4.69, 9.17) is 5.73 Å². The number of rotatable bonds is 5. The Morgan fingerprint density at radius 1 is 1.35 bits per heavy atom. The van der Waals surface area contributed by atoms with E-state index < -0.39 is 11.8 Å². The number of carbonyl (C=O) groups excluding carboxylic acids is 2. The highest BCUT2D eigenvalue weighted by atomic mass is 16.2. The Morgan fingerprint density at radius 3 is 2.59 bits per heavy atom. The first-order valence-electron chi connectivity index (χ1n) is 6.11. The summed E-state index contributed by atoms with van der Waals surface area (Å²) >= 11 is 0. The molecule has 1 rings (SSSR count). The van der Waals surface area contributed by atoms with Gasteiger partial charge in [0.15, 0.2) is 0 Å². The van der Waals surface area contributed by atoms with Gasteiger partial charge in [-0.3, -0.25) is 9.59 Å². The van der Waals surface area contributed by atoms with E-state index >= 15 is 0 Å². The number of likely N-dealkylation sites (N-methyl/N-ethyl adjacent to an activating group) is 1. The molecule has 0 aromatic carbocycles. The zero-order valence-corrected chi connectivity index (χ0v) is 10.4. The van der Waals surface area contributed by atoms with Crippen LogP contribution in [0.2, 0.25) is 0 Å². The zero-order chi connectivity index (χ0) is 12.7. The Balaban J connectivity index is 2.23. The Hall–Kier alpha value is -1.14. The molecule has 0 aromatic rings. The van der Waals surface area contributed by atoms with Gasteiger partial charge in [0.05, 0.1) is 0 Å². The van der Waals surface area contributed by atoms with E-state index in [9.17, 15) is 9.59 Å². The minimum atomic E-state index is -0.570. The van der Waals surface area contributed by atoms with Crippen LogP contribution in [0.1, 0.15) is 12.8 Å². The average Bonchev–Trinajstić information content (AvgIpc) is 2.85. The van der Waals surface area contributed by atoms with Gasteiger partial charge in [-0.15, -0.1) is 0 Å². The fraction of sp³-hybridized carbons (Fsp3) is 0.818. The van der Waals surface area contributed by atoms with Crippen LogP contribution in [0.15, 0.2) is 0 Å². The molecular weight excluding hydrogens is 220 g/mol. The minimum Gasteiger partial charge on any atom is -0.347 e.